The third kappa shape index (κ3) is 4.98. The van der Waals surface area contributed by atoms with E-state index >= 15 is 0 Å². The van der Waals surface area contributed by atoms with Gasteiger partial charge in [-0.25, -0.2) is 0 Å². The monoisotopic (exact) mass is 375 g/mol. The van der Waals surface area contributed by atoms with Crippen LogP contribution in [0.2, 0.25) is 0 Å². The topological polar surface area (TPSA) is 64.6 Å². The normalized spacial score (nSPS) is 10.2. The molecule has 0 atom stereocenters. The number of ether oxygens (including phenoxy) is 2. The SMILES string of the molecule is CCOc1ccccc1OCC(=O)Nc1cccc(C(=O)c2ccccc2)c1. The van der Waals surface area contributed by atoms with E-state index in [1.807, 2.05) is 37.3 Å². The number of amides is 1. The molecule has 1 amide bonds. The molecule has 0 aliphatic carbocycles. The van der Waals surface area contributed by atoms with E-state index in [9.17, 15) is 9.59 Å². The molecular weight excluding hydrogens is 354 g/mol. The number of carbonyl (C=O) groups is 2. The molecule has 0 spiro atoms. The van der Waals surface area contributed by atoms with Crippen molar-refractivity contribution in [3.8, 4) is 11.5 Å². The molecule has 0 bridgehead atoms. The minimum absolute atomic E-state index is 0.0985. The Balaban J connectivity index is 1.63. The Morgan fingerprint density at radius 1 is 0.786 bits per heavy atom. The average Bonchev–Trinajstić information content (AvgIpc) is 2.73. The number of nitrogens with one attached hydrogen (secondary N) is 1. The zero-order valence-corrected chi connectivity index (χ0v) is 15.6. The Hall–Kier alpha value is -3.60. The van der Waals surface area contributed by atoms with Crippen LogP contribution in [0.25, 0.3) is 0 Å². The maximum Gasteiger partial charge on any atom is 0.262 e. The Morgan fingerprint density at radius 3 is 2.14 bits per heavy atom. The summed E-state index contributed by atoms with van der Waals surface area (Å²) in [6.45, 7) is 2.23. The van der Waals surface area contributed by atoms with Crippen LogP contribution in [0.4, 0.5) is 5.69 Å². The highest BCUT2D eigenvalue weighted by molar-refractivity contribution is 6.09. The van der Waals surface area contributed by atoms with Crippen molar-refractivity contribution >= 4 is 17.4 Å². The molecule has 0 unspecified atom stereocenters. The van der Waals surface area contributed by atoms with Crippen LogP contribution in [0.3, 0.4) is 0 Å². The number of anilines is 1. The van der Waals surface area contributed by atoms with Gasteiger partial charge < -0.3 is 14.8 Å². The van der Waals surface area contributed by atoms with Crippen molar-refractivity contribution in [3.05, 3.63) is 90.0 Å². The van der Waals surface area contributed by atoms with E-state index in [1.165, 1.54) is 0 Å². The van der Waals surface area contributed by atoms with Crippen LogP contribution in [0.1, 0.15) is 22.8 Å². The van der Waals surface area contributed by atoms with Gasteiger partial charge in [-0.3, -0.25) is 9.59 Å². The molecule has 0 aliphatic rings. The third-order valence-corrected chi connectivity index (χ3v) is 3.95. The first-order chi connectivity index (χ1) is 13.7. The number of ketones is 1. The Labute approximate surface area is 163 Å². The van der Waals surface area contributed by atoms with Gasteiger partial charge in [-0.2, -0.15) is 0 Å². The minimum Gasteiger partial charge on any atom is -0.490 e. The quantitative estimate of drug-likeness (QED) is 0.595. The summed E-state index contributed by atoms with van der Waals surface area (Å²) in [6, 6.07) is 23.0. The van der Waals surface area contributed by atoms with Crippen LogP contribution in [0.5, 0.6) is 11.5 Å². The standard InChI is InChI=1S/C23H21NO4/c1-2-27-20-13-6-7-14-21(20)28-16-22(25)24-19-12-8-11-18(15-19)23(26)17-9-4-3-5-10-17/h3-15H,2,16H2,1H3,(H,24,25). The maximum absolute atomic E-state index is 12.5. The number of benzene rings is 3. The van der Waals surface area contributed by atoms with Gasteiger partial charge in [0, 0.05) is 16.8 Å². The molecule has 3 aromatic carbocycles. The molecule has 28 heavy (non-hydrogen) atoms. The molecule has 3 aromatic rings. The zero-order valence-electron chi connectivity index (χ0n) is 15.6. The lowest BCUT2D eigenvalue weighted by Gasteiger charge is -2.12. The van der Waals surface area contributed by atoms with E-state index in [4.69, 9.17) is 9.47 Å². The first-order valence-electron chi connectivity index (χ1n) is 9.01. The summed E-state index contributed by atoms with van der Waals surface area (Å²) in [6.07, 6.45) is 0. The first kappa shape index (κ1) is 19.2. The van der Waals surface area contributed by atoms with Crippen molar-refractivity contribution in [1.29, 1.82) is 0 Å². The summed E-state index contributed by atoms with van der Waals surface area (Å²) >= 11 is 0. The van der Waals surface area contributed by atoms with E-state index in [2.05, 4.69) is 5.32 Å². The van der Waals surface area contributed by atoms with Gasteiger partial charge in [-0.15, -0.1) is 0 Å². The van der Waals surface area contributed by atoms with Crippen molar-refractivity contribution in [3.63, 3.8) is 0 Å². The Morgan fingerprint density at radius 2 is 1.43 bits per heavy atom. The second kappa shape index (κ2) is 9.37. The molecule has 0 saturated heterocycles. The summed E-state index contributed by atoms with van der Waals surface area (Å²) in [7, 11) is 0. The Bertz CT molecular complexity index is 954. The number of hydrogen-bond donors (Lipinski definition) is 1. The summed E-state index contributed by atoms with van der Waals surface area (Å²) < 4.78 is 11.0. The van der Waals surface area contributed by atoms with Crippen LogP contribution < -0.4 is 14.8 Å². The van der Waals surface area contributed by atoms with Crippen molar-refractivity contribution in [2.75, 3.05) is 18.5 Å². The van der Waals surface area contributed by atoms with Gasteiger partial charge in [-0.05, 0) is 31.2 Å². The predicted molar refractivity (Wildman–Crippen MR) is 108 cm³/mol. The van der Waals surface area contributed by atoms with Crippen molar-refractivity contribution in [2.24, 2.45) is 0 Å². The number of hydrogen-bond acceptors (Lipinski definition) is 4. The lowest BCUT2D eigenvalue weighted by molar-refractivity contribution is -0.118. The number of carbonyl (C=O) groups excluding carboxylic acids is 2. The summed E-state index contributed by atoms with van der Waals surface area (Å²) in [5.41, 5.74) is 1.64. The molecule has 5 heteroatoms. The minimum atomic E-state index is -0.324. The number of para-hydroxylation sites is 2. The molecule has 0 saturated carbocycles. The first-order valence-corrected chi connectivity index (χ1v) is 9.01. The highest BCUT2D eigenvalue weighted by atomic mass is 16.5. The van der Waals surface area contributed by atoms with Crippen LogP contribution in [0.15, 0.2) is 78.9 Å². The third-order valence-electron chi connectivity index (χ3n) is 3.95. The largest absolute Gasteiger partial charge is 0.490 e. The van der Waals surface area contributed by atoms with E-state index < -0.39 is 0 Å². The Kier molecular flexibility index (Phi) is 6.41. The van der Waals surface area contributed by atoms with E-state index in [0.717, 1.165) is 0 Å². The van der Waals surface area contributed by atoms with Crippen molar-refractivity contribution < 1.29 is 19.1 Å². The summed E-state index contributed by atoms with van der Waals surface area (Å²) in [5, 5.41) is 2.75. The fourth-order valence-electron chi connectivity index (χ4n) is 2.68. The molecule has 3 rings (SSSR count). The van der Waals surface area contributed by atoms with E-state index in [1.54, 1.807) is 48.5 Å². The molecule has 0 fully saturated rings. The van der Waals surface area contributed by atoms with Gasteiger partial charge in [0.25, 0.3) is 5.91 Å². The summed E-state index contributed by atoms with van der Waals surface area (Å²) in [5.74, 6) is 0.676. The number of rotatable bonds is 8. The van der Waals surface area contributed by atoms with Crippen LogP contribution in [-0.2, 0) is 4.79 Å². The zero-order chi connectivity index (χ0) is 19.8. The van der Waals surface area contributed by atoms with Gasteiger partial charge in [-0.1, -0.05) is 54.6 Å². The second-order valence-corrected chi connectivity index (χ2v) is 5.99. The van der Waals surface area contributed by atoms with Crippen LogP contribution >= 0.6 is 0 Å². The van der Waals surface area contributed by atoms with Gasteiger partial charge in [0.2, 0.25) is 0 Å². The molecule has 0 aliphatic heterocycles. The molecule has 1 N–H and O–H groups in total. The van der Waals surface area contributed by atoms with Crippen LogP contribution in [0, 0.1) is 0 Å². The smallest absolute Gasteiger partial charge is 0.262 e. The van der Waals surface area contributed by atoms with E-state index in [-0.39, 0.29) is 18.3 Å². The fourth-order valence-corrected chi connectivity index (χ4v) is 2.68. The van der Waals surface area contributed by atoms with E-state index in [0.29, 0.717) is 34.9 Å². The average molecular weight is 375 g/mol. The predicted octanol–water partition coefficient (Wildman–Crippen LogP) is 4.33. The molecule has 0 aromatic heterocycles. The lowest BCUT2D eigenvalue weighted by atomic mass is 10.0. The molecule has 0 radical (unpaired) electrons. The maximum atomic E-state index is 12.5. The van der Waals surface area contributed by atoms with Gasteiger partial charge in [0.15, 0.2) is 23.9 Å². The molecule has 5 nitrogen and oxygen atoms in total. The van der Waals surface area contributed by atoms with Gasteiger partial charge in [0.1, 0.15) is 0 Å². The highest BCUT2D eigenvalue weighted by Crippen LogP contribution is 2.26. The molecule has 142 valence electrons. The highest BCUT2D eigenvalue weighted by Gasteiger charge is 2.11. The second-order valence-electron chi connectivity index (χ2n) is 5.99. The van der Waals surface area contributed by atoms with Crippen molar-refractivity contribution in [1.82, 2.24) is 0 Å². The molecular formula is C23H21NO4. The fraction of sp³-hybridized carbons (Fsp3) is 0.130. The van der Waals surface area contributed by atoms with Gasteiger partial charge in [0.05, 0.1) is 6.61 Å². The summed E-state index contributed by atoms with van der Waals surface area (Å²) in [4.78, 5) is 24.8. The lowest BCUT2D eigenvalue weighted by Crippen LogP contribution is -2.20. The molecule has 0 heterocycles. The van der Waals surface area contributed by atoms with Crippen molar-refractivity contribution in [2.45, 2.75) is 6.92 Å². The van der Waals surface area contributed by atoms with Gasteiger partial charge >= 0.3 is 0 Å². The van der Waals surface area contributed by atoms with Crippen LogP contribution in [-0.4, -0.2) is 24.9 Å².